The Morgan fingerprint density at radius 3 is 2.62 bits per heavy atom. The molecule has 0 aromatic heterocycles. The van der Waals surface area contributed by atoms with Gasteiger partial charge in [-0.25, -0.2) is 0 Å². The van der Waals surface area contributed by atoms with Crippen molar-refractivity contribution in [1.29, 1.82) is 0 Å². The van der Waals surface area contributed by atoms with Crippen LogP contribution >= 0.6 is 0 Å². The van der Waals surface area contributed by atoms with Gasteiger partial charge in [-0.05, 0) is 13.8 Å². The van der Waals surface area contributed by atoms with E-state index in [9.17, 15) is 0 Å². The molecule has 0 bridgehead atoms. The number of ether oxygens (including phenoxy) is 2. The van der Waals surface area contributed by atoms with Gasteiger partial charge < -0.3 is 9.47 Å². The number of methoxy groups -OCH3 is 1. The fraction of sp³-hybridized carbons (Fsp3) is 0.833. The van der Waals surface area contributed by atoms with E-state index in [0.29, 0.717) is 0 Å². The molecule has 49 valence electrons. The smallest absolute Gasteiger partial charge is 0.112 e. The quantitative estimate of drug-likeness (QED) is 0.551. The van der Waals surface area contributed by atoms with Crippen molar-refractivity contribution in [3.05, 3.63) is 6.61 Å². The average molecular weight is 117 g/mol. The summed E-state index contributed by atoms with van der Waals surface area (Å²) < 4.78 is 9.81. The molecule has 0 heterocycles. The maximum atomic E-state index is 5.10. The van der Waals surface area contributed by atoms with Crippen LogP contribution in [0.15, 0.2) is 0 Å². The molecule has 0 spiro atoms. The van der Waals surface area contributed by atoms with Gasteiger partial charge in [-0.3, -0.25) is 0 Å². The normalized spacial score (nSPS) is 13.9. The highest BCUT2D eigenvalue weighted by atomic mass is 16.5. The third kappa shape index (κ3) is 4.09. The molecule has 0 N–H and O–H groups in total. The third-order valence-electron chi connectivity index (χ3n) is 0.757. The predicted octanol–water partition coefficient (Wildman–Crippen LogP) is 1.22. The Labute approximate surface area is 50.8 Å². The number of hydrogen-bond acceptors (Lipinski definition) is 2. The Balaban J connectivity index is 2.92. The van der Waals surface area contributed by atoms with E-state index >= 15 is 0 Å². The van der Waals surface area contributed by atoms with Gasteiger partial charge in [0.1, 0.15) is 6.61 Å². The first-order chi connectivity index (χ1) is 3.81. The molecule has 1 atom stereocenters. The van der Waals surface area contributed by atoms with Crippen molar-refractivity contribution in [3.8, 4) is 0 Å². The zero-order chi connectivity index (χ0) is 6.41. The second kappa shape index (κ2) is 5.06. The van der Waals surface area contributed by atoms with E-state index in [1.165, 1.54) is 0 Å². The lowest BCUT2D eigenvalue weighted by Gasteiger charge is -2.07. The first-order valence-corrected chi connectivity index (χ1v) is 2.79. The van der Waals surface area contributed by atoms with Crippen molar-refractivity contribution in [2.75, 3.05) is 13.7 Å². The van der Waals surface area contributed by atoms with Crippen LogP contribution in [0.4, 0.5) is 0 Å². The van der Waals surface area contributed by atoms with Crippen LogP contribution in [0.2, 0.25) is 0 Å². The van der Waals surface area contributed by atoms with Gasteiger partial charge in [0.05, 0.1) is 6.10 Å². The lowest BCUT2D eigenvalue weighted by molar-refractivity contribution is 0.0530. The molecule has 1 radical (unpaired) electrons. The fourth-order valence-electron chi connectivity index (χ4n) is 0.494. The second-order valence-corrected chi connectivity index (χ2v) is 1.53. The van der Waals surface area contributed by atoms with E-state index in [4.69, 9.17) is 9.47 Å². The van der Waals surface area contributed by atoms with E-state index in [1.807, 2.05) is 13.8 Å². The van der Waals surface area contributed by atoms with Crippen LogP contribution in [0.3, 0.4) is 0 Å². The zero-order valence-corrected chi connectivity index (χ0v) is 5.68. The van der Waals surface area contributed by atoms with Crippen molar-refractivity contribution in [1.82, 2.24) is 0 Å². The van der Waals surface area contributed by atoms with Crippen LogP contribution in [0, 0.1) is 6.61 Å². The van der Waals surface area contributed by atoms with Gasteiger partial charge in [0.2, 0.25) is 0 Å². The van der Waals surface area contributed by atoms with Crippen LogP contribution < -0.4 is 0 Å². The molecule has 0 aromatic carbocycles. The molecule has 1 unspecified atom stereocenters. The summed E-state index contributed by atoms with van der Waals surface area (Å²) in [5, 5.41) is 0. The van der Waals surface area contributed by atoms with E-state index in [0.717, 1.165) is 6.61 Å². The predicted molar refractivity (Wildman–Crippen MR) is 32.4 cm³/mol. The zero-order valence-electron chi connectivity index (χ0n) is 5.68. The summed E-state index contributed by atoms with van der Waals surface area (Å²) in [5.74, 6) is 0. The Bertz CT molecular complexity index is 39.8. The highest BCUT2D eigenvalue weighted by Crippen LogP contribution is 1.93. The van der Waals surface area contributed by atoms with Crippen LogP contribution in [0.25, 0.3) is 0 Å². The summed E-state index contributed by atoms with van der Waals surface area (Å²) in [5.41, 5.74) is 0. The summed E-state index contributed by atoms with van der Waals surface area (Å²) in [7, 11) is 1.62. The van der Waals surface area contributed by atoms with Gasteiger partial charge in [-0.15, -0.1) is 0 Å². The van der Waals surface area contributed by atoms with E-state index in [2.05, 4.69) is 0 Å². The number of rotatable bonds is 4. The summed E-state index contributed by atoms with van der Waals surface area (Å²) >= 11 is 0. The molecule has 0 rings (SSSR count). The largest absolute Gasteiger partial charge is 0.376 e. The molecule has 2 heteroatoms. The topological polar surface area (TPSA) is 18.5 Å². The molecule has 0 aromatic rings. The van der Waals surface area contributed by atoms with E-state index in [-0.39, 0.29) is 6.10 Å². The van der Waals surface area contributed by atoms with Gasteiger partial charge in [0.25, 0.3) is 0 Å². The first kappa shape index (κ1) is 7.92. The highest BCUT2D eigenvalue weighted by Gasteiger charge is 1.97. The second-order valence-electron chi connectivity index (χ2n) is 1.53. The molecule has 2 nitrogen and oxygen atoms in total. The molecule has 0 aliphatic carbocycles. The van der Waals surface area contributed by atoms with Gasteiger partial charge >= 0.3 is 0 Å². The summed E-state index contributed by atoms with van der Waals surface area (Å²) in [6, 6.07) is 0. The van der Waals surface area contributed by atoms with E-state index < -0.39 is 0 Å². The number of hydrogen-bond donors (Lipinski definition) is 0. The van der Waals surface area contributed by atoms with Crippen LogP contribution in [-0.4, -0.2) is 19.8 Å². The minimum Gasteiger partial charge on any atom is -0.376 e. The third-order valence-corrected chi connectivity index (χ3v) is 0.757. The van der Waals surface area contributed by atoms with Crippen molar-refractivity contribution >= 4 is 0 Å². The molecule has 0 aliphatic rings. The van der Waals surface area contributed by atoms with Crippen molar-refractivity contribution < 1.29 is 9.47 Å². The van der Waals surface area contributed by atoms with Crippen LogP contribution in [-0.2, 0) is 9.47 Å². The maximum Gasteiger partial charge on any atom is 0.112 e. The Morgan fingerprint density at radius 1 is 1.62 bits per heavy atom. The molecular formula is C6H13O2. The molecule has 0 saturated heterocycles. The Kier molecular flexibility index (Phi) is 5.01. The van der Waals surface area contributed by atoms with Gasteiger partial charge in [-0.1, -0.05) is 0 Å². The lowest BCUT2D eigenvalue weighted by Crippen LogP contribution is -2.08. The van der Waals surface area contributed by atoms with Crippen molar-refractivity contribution in [2.24, 2.45) is 0 Å². The maximum absolute atomic E-state index is 5.10. The van der Waals surface area contributed by atoms with Gasteiger partial charge in [0, 0.05) is 13.7 Å². The van der Waals surface area contributed by atoms with Gasteiger partial charge in [0.15, 0.2) is 0 Å². The SMILES string of the molecule is CCOC(C)[CH]OC. The van der Waals surface area contributed by atoms with E-state index in [1.54, 1.807) is 13.7 Å². The lowest BCUT2D eigenvalue weighted by atomic mass is 10.4. The first-order valence-electron chi connectivity index (χ1n) is 2.79. The molecule has 0 aliphatic heterocycles. The summed E-state index contributed by atoms with van der Waals surface area (Å²) in [6.07, 6.45) is 0.116. The van der Waals surface area contributed by atoms with Gasteiger partial charge in [-0.2, -0.15) is 0 Å². The minimum absolute atomic E-state index is 0.116. The monoisotopic (exact) mass is 117 g/mol. The molecule has 0 saturated carbocycles. The molecule has 0 amide bonds. The summed E-state index contributed by atoms with van der Waals surface area (Å²) in [6.45, 7) is 6.29. The minimum atomic E-state index is 0.116. The summed E-state index contributed by atoms with van der Waals surface area (Å²) in [4.78, 5) is 0. The Hall–Kier alpha value is -0.0800. The standard InChI is InChI=1S/C6H13O2/c1-4-8-6(2)5-7-3/h5-6H,4H2,1-3H3. The van der Waals surface area contributed by atoms with Crippen molar-refractivity contribution in [2.45, 2.75) is 20.0 Å². The average Bonchev–Trinajstić information content (AvgIpc) is 1.68. The Morgan fingerprint density at radius 2 is 2.25 bits per heavy atom. The molecule has 8 heavy (non-hydrogen) atoms. The van der Waals surface area contributed by atoms with Crippen molar-refractivity contribution in [3.63, 3.8) is 0 Å². The van der Waals surface area contributed by atoms with Crippen LogP contribution in [0.1, 0.15) is 13.8 Å². The molecule has 0 fully saturated rings. The molecular weight excluding hydrogens is 104 g/mol. The van der Waals surface area contributed by atoms with Crippen LogP contribution in [0.5, 0.6) is 0 Å². The fourth-order valence-corrected chi connectivity index (χ4v) is 0.494. The highest BCUT2D eigenvalue weighted by molar-refractivity contribution is 4.58.